The average molecular weight is 444 g/mol. The zero-order chi connectivity index (χ0) is 23.8. The molecule has 5 heteroatoms. The van der Waals surface area contributed by atoms with Gasteiger partial charge in [-0.2, -0.15) is 5.26 Å². The molecule has 3 aromatic rings. The number of hydrogen-bond acceptors (Lipinski definition) is 5. The molecule has 0 aliphatic rings. The molecule has 0 radical (unpaired) electrons. The summed E-state index contributed by atoms with van der Waals surface area (Å²) in [7, 11) is 0. The maximum absolute atomic E-state index is 13.0. The zero-order valence-corrected chi connectivity index (χ0v) is 19.4. The van der Waals surface area contributed by atoms with Crippen molar-refractivity contribution in [1.82, 2.24) is 0 Å². The van der Waals surface area contributed by atoms with Crippen molar-refractivity contribution in [2.24, 2.45) is 5.92 Å². The molecule has 0 bridgehead atoms. The minimum atomic E-state index is -1.08. The highest BCUT2D eigenvalue weighted by Gasteiger charge is 2.29. The van der Waals surface area contributed by atoms with Gasteiger partial charge in [-0.15, -0.1) is 0 Å². The second-order valence-corrected chi connectivity index (χ2v) is 8.44. The molecule has 0 spiro atoms. The van der Waals surface area contributed by atoms with Gasteiger partial charge in [0.15, 0.2) is 6.10 Å². The van der Waals surface area contributed by atoms with Crippen LogP contribution in [0.15, 0.2) is 78.9 Å². The standard InChI is InChI=1S/C28H29NO4/c1-19(2)21-13-15-24(16-14-21)32-27(20(3)4)28(30)33-26(18-29)22-9-8-12-25(17-22)31-23-10-6-5-7-11-23/h5-17,19-20,26-27H,1-4H3. The summed E-state index contributed by atoms with van der Waals surface area (Å²) < 4.78 is 17.4. The highest BCUT2D eigenvalue weighted by atomic mass is 16.6. The van der Waals surface area contributed by atoms with Gasteiger partial charge in [0.2, 0.25) is 6.10 Å². The summed E-state index contributed by atoms with van der Waals surface area (Å²) in [6.07, 6.45) is -1.92. The molecule has 5 nitrogen and oxygen atoms in total. The summed E-state index contributed by atoms with van der Waals surface area (Å²) in [5, 5.41) is 9.69. The van der Waals surface area contributed by atoms with Gasteiger partial charge in [0.1, 0.15) is 23.3 Å². The molecule has 2 unspecified atom stereocenters. The summed E-state index contributed by atoms with van der Waals surface area (Å²) in [6.45, 7) is 7.99. The molecule has 0 aliphatic carbocycles. The van der Waals surface area contributed by atoms with Gasteiger partial charge >= 0.3 is 5.97 Å². The number of esters is 1. The molecule has 0 N–H and O–H groups in total. The molecule has 0 aromatic heterocycles. The van der Waals surface area contributed by atoms with Gasteiger partial charge in [-0.05, 0) is 47.9 Å². The monoisotopic (exact) mass is 443 g/mol. The molecule has 3 rings (SSSR count). The van der Waals surface area contributed by atoms with E-state index in [1.54, 1.807) is 24.3 Å². The van der Waals surface area contributed by atoms with Gasteiger partial charge in [-0.3, -0.25) is 0 Å². The summed E-state index contributed by atoms with van der Waals surface area (Å²) >= 11 is 0. The lowest BCUT2D eigenvalue weighted by molar-refractivity contribution is -0.157. The molecule has 0 heterocycles. The van der Waals surface area contributed by atoms with Crippen LogP contribution in [0.1, 0.15) is 50.8 Å². The molecule has 0 aliphatic heterocycles. The first-order valence-corrected chi connectivity index (χ1v) is 11.1. The van der Waals surface area contributed by atoms with E-state index in [0.717, 1.165) is 0 Å². The fourth-order valence-electron chi connectivity index (χ4n) is 3.25. The first-order valence-electron chi connectivity index (χ1n) is 11.1. The van der Waals surface area contributed by atoms with E-state index in [1.165, 1.54) is 5.56 Å². The number of ether oxygens (including phenoxy) is 3. The number of nitriles is 1. The van der Waals surface area contributed by atoms with Gasteiger partial charge in [0.05, 0.1) is 0 Å². The Morgan fingerprint density at radius 1 is 0.788 bits per heavy atom. The van der Waals surface area contributed by atoms with Gasteiger partial charge in [0.25, 0.3) is 0 Å². The lowest BCUT2D eigenvalue weighted by Crippen LogP contribution is -2.35. The van der Waals surface area contributed by atoms with Crippen molar-refractivity contribution in [3.8, 4) is 23.3 Å². The number of nitrogens with zero attached hydrogens (tertiary/aromatic N) is 1. The summed E-state index contributed by atoms with van der Waals surface area (Å²) in [5.74, 6) is 1.49. The van der Waals surface area contributed by atoms with Crippen LogP contribution in [-0.4, -0.2) is 12.1 Å². The van der Waals surface area contributed by atoms with Gasteiger partial charge in [-0.1, -0.05) is 70.2 Å². The van der Waals surface area contributed by atoms with Crippen LogP contribution in [0.4, 0.5) is 0 Å². The minimum absolute atomic E-state index is 0.144. The molecular weight excluding hydrogens is 414 g/mol. The normalized spacial score (nSPS) is 12.6. The van der Waals surface area contributed by atoms with E-state index < -0.39 is 18.2 Å². The van der Waals surface area contributed by atoms with Crippen molar-refractivity contribution in [3.05, 3.63) is 90.0 Å². The number of carbonyl (C=O) groups excluding carboxylic acids is 1. The van der Waals surface area contributed by atoms with E-state index in [4.69, 9.17) is 14.2 Å². The van der Waals surface area contributed by atoms with Gasteiger partial charge in [-0.25, -0.2) is 4.79 Å². The van der Waals surface area contributed by atoms with E-state index in [2.05, 4.69) is 19.9 Å². The largest absolute Gasteiger partial charge is 0.478 e. The van der Waals surface area contributed by atoms with E-state index in [9.17, 15) is 10.1 Å². The topological polar surface area (TPSA) is 68.5 Å². The van der Waals surface area contributed by atoms with E-state index in [-0.39, 0.29) is 5.92 Å². The molecular formula is C28H29NO4. The molecule has 2 atom stereocenters. The third-order valence-corrected chi connectivity index (χ3v) is 5.14. The molecule has 0 saturated carbocycles. The number of rotatable bonds is 9. The molecule has 0 fully saturated rings. The van der Waals surface area contributed by atoms with Crippen LogP contribution in [0.25, 0.3) is 0 Å². The Hall–Kier alpha value is -3.78. The van der Waals surface area contributed by atoms with Crippen LogP contribution >= 0.6 is 0 Å². The Morgan fingerprint density at radius 3 is 2.06 bits per heavy atom. The average Bonchev–Trinajstić information content (AvgIpc) is 2.81. The first-order chi connectivity index (χ1) is 15.9. The molecule has 33 heavy (non-hydrogen) atoms. The predicted octanol–water partition coefficient (Wildman–Crippen LogP) is 6.81. The van der Waals surface area contributed by atoms with Crippen molar-refractivity contribution in [2.45, 2.75) is 45.8 Å². The van der Waals surface area contributed by atoms with Crippen LogP contribution < -0.4 is 9.47 Å². The van der Waals surface area contributed by atoms with Crippen molar-refractivity contribution in [3.63, 3.8) is 0 Å². The number of para-hydroxylation sites is 1. The molecule has 3 aromatic carbocycles. The highest BCUT2D eigenvalue weighted by Crippen LogP contribution is 2.27. The fourth-order valence-corrected chi connectivity index (χ4v) is 3.25. The Labute approximate surface area is 195 Å². The molecule has 170 valence electrons. The Kier molecular flexibility index (Phi) is 8.10. The number of carbonyl (C=O) groups is 1. The number of hydrogen-bond donors (Lipinski definition) is 0. The van der Waals surface area contributed by atoms with Crippen LogP contribution in [0.5, 0.6) is 17.2 Å². The zero-order valence-electron chi connectivity index (χ0n) is 19.4. The SMILES string of the molecule is CC(C)c1ccc(OC(C(=O)OC(C#N)c2cccc(Oc3ccccc3)c2)C(C)C)cc1. The summed E-state index contributed by atoms with van der Waals surface area (Å²) in [5.41, 5.74) is 1.72. The second-order valence-electron chi connectivity index (χ2n) is 8.44. The lowest BCUT2D eigenvalue weighted by Gasteiger charge is -2.23. The minimum Gasteiger partial charge on any atom is -0.478 e. The fraction of sp³-hybridized carbons (Fsp3) is 0.286. The van der Waals surface area contributed by atoms with Crippen LogP contribution in [0.3, 0.4) is 0 Å². The van der Waals surface area contributed by atoms with Gasteiger partial charge in [0, 0.05) is 11.5 Å². The smallest absolute Gasteiger partial charge is 0.349 e. The van der Waals surface area contributed by atoms with Crippen molar-refractivity contribution >= 4 is 5.97 Å². The van der Waals surface area contributed by atoms with Crippen molar-refractivity contribution in [2.75, 3.05) is 0 Å². The van der Waals surface area contributed by atoms with Crippen LogP contribution in [-0.2, 0) is 9.53 Å². The van der Waals surface area contributed by atoms with Crippen LogP contribution in [0.2, 0.25) is 0 Å². The van der Waals surface area contributed by atoms with E-state index in [0.29, 0.717) is 28.7 Å². The summed E-state index contributed by atoms with van der Waals surface area (Å²) in [6, 6.07) is 26.1. The van der Waals surface area contributed by atoms with E-state index in [1.807, 2.05) is 68.4 Å². The first kappa shape index (κ1) is 23.9. The maximum atomic E-state index is 13.0. The molecule has 0 amide bonds. The Morgan fingerprint density at radius 2 is 1.45 bits per heavy atom. The third-order valence-electron chi connectivity index (χ3n) is 5.14. The quantitative estimate of drug-likeness (QED) is 0.340. The second kappa shape index (κ2) is 11.2. The van der Waals surface area contributed by atoms with Crippen LogP contribution in [0, 0.1) is 17.2 Å². The lowest BCUT2D eigenvalue weighted by atomic mass is 10.0. The Bertz CT molecular complexity index is 1080. The van der Waals surface area contributed by atoms with Gasteiger partial charge < -0.3 is 14.2 Å². The van der Waals surface area contributed by atoms with E-state index >= 15 is 0 Å². The third kappa shape index (κ3) is 6.60. The predicted molar refractivity (Wildman–Crippen MR) is 127 cm³/mol. The van der Waals surface area contributed by atoms with Crippen molar-refractivity contribution in [1.29, 1.82) is 5.26 Å². The maximum Gasteiger partial charge on any atom is 0.349 e. The Balaban J connectivity index is 1.71. The highest BCUT2D eigenvalue weighted by molar-refractivity contribution is 5.76. The van der Waals surface area contributed by atoms with Crippen molar-refractivity contribution < 1.29 is 19.0 Å². The molecule has 0 saturated heterocycles. The number of benzene rings is 3. The summed E-state index contributed by atoms with van der Waals surface area (Å²) in [4.78, 5) is 13.0.